The van der Waals surface area contributed by atoms with E-state index in [9.17, 15) is 4.79 Å². The molecule has 1 aromatic heterocycles. The van der Waals surface area contributed by atoms with Crippen molar-refractivity contribution in [2.24, 2.45) is 0 Å². The van der Waals surface area contributed by atoms with E-state index in [-0.39, 0.29) is 11.7 Å². The van der Waals surface area contributed by atoms with Crippen molar-refractivity contribution < 1.29 is 4.79 Å². The zero-order valence-electron chi connectivity index (χ0n) is 11.0. The summed E-state index contributed by atoms with van der Waals surface area (Å²) in [6, 6.07) is 7.44. The van der Waals surface area contributed by atoms with Gasteiger partial charge in [-0.3, -0.25) is 9.78 Å². The summed E-state index contributed by atoms with van der Waals surface area (Å²) in [7, 11) is 0. The van der Waals surface area contributed by atoms with Gasteiger partial charge in [0, 0.05) is 18.2 Å². The van der Waals surface area contributed by atoms with Crippen molar-refractivity contribution >= 4 is 29.0 Å². The maximum atomic E-state index is 12.4. The Kier molecular flexibility index (Phi) is 3.53. The van der Waals surface area contributed by atoms with Crippen LogP contribution in [-0.2, 0) is 6.42 Å². The van der Waals surface area contributed by atoms with Gasteiger partial charge in [0.05, 0.1) is 15.7 Å². The van der Waals surface area contributed by atoms with Crippen LogP contribution in [-0.4, -0.2) is 10.8 Å². The second-order valence-corrected chi connectivity index (χ2v) is 5.91. The highest BCUT2D eigenvalue weighted by molar-refractivity contribution is 6.42. The molecule has 1 aliphatic carbocycles. The molecule has 1 aromatic carbocycles. The van der Waals surface area contributed by atoms with E-state index in [2.05, 4.69) is 4.98 Å². The lowest BCUT2D eigenvalue weighted by Gasteiger charge is -2.25. The second kappa shape index (κ2) is 5.19. The summed E-state index contributed by atoms with van der Waals surface area (Å²) in [5, 5.41) is 1.07. The first-order valence-corrected chi connectivity index (χ1v) is 7.25. The van der Waals surface area contributed by atoms with Gasteiger partial charge in [-0.15, -0.1) is 0 Å². The molecule has 1 heterocycles. The molecule has 0 N–H and O–H groups in total. The number of benzene rings is 1. The molecule has 0 amide bonds. The van der Waals surface area contributed by atoms with E-state index in [1.165, 1.54) is 0 Å². The standard InChI is InChI=1S/C16H13Cl2NO/c1-9-5-6-19-13-7-10(8-14(20)15(9)13)11-3-2-4-12(17)16(11)18/h2-6,10H,7-8H2,1H3/t10-/m0/s1. The molecule has 4 heteroatoms. The quantitative estimate of drug-likeness (QED) is 0.770. The lowest BCUT2D eigenvalue weighted by atomic mass is 9.80. The van der Waals surface area contributed by atoms with Crippen LogP contribution in [0.2, 0.25) is 10.0 Å². The lowest BCUT2D eigenvalue weighted by Crippen LogP contribution is -2.21. The fourth-order valence-corrected chi connectivity index (χ4v) is 3.30. The van der Waals surface area contributed by atoms with E-state index in [1.807, 2.05) is 25.1 Å². The molecule has 0 aliphatic heterocycles. The van der Waals surface area contributed by atoms with Gasteiger partial charge < -0.3 is 0 Å². The molecule has 0 fully saturated rings. The number of aryl methyl sites for hydroxylation is 1. The smallest absolute Gasteiger partial charge is 0.165 e. The van der Waals surface area contributed by atoms with Crippen LogP contribution in [0.1, 0.15) is 39.5 Å². The molecule has 0 saturated carbocycles. The molecule has 2 nitrogen and oxygen atoms in total. The highest BCUT2D eigenvalue weighted by Crippen LogP contribution is 2.38. The Hall–Kier alpha value is -1.38. The monoisotopic (exact) mass is 305 g/mol. The SMILES string of the molecule is Cc1ccnc2c1C(=O)C[C@@H](c1cccc(Cl)c1Cl)C2. The van der Waals surface area contributed by atoms with Gasteiger partial charge in [0.25, 0.3) is 0 Å². The molecule has 0 unspecified atom stereocenters. The van der Waals surface area contributed by atoms with Crippen molar-refractivity contribution in [2.75, 3.05) is 0 Å². The van der Waals surface area contributed by atoms with Gasteiger partial charge in [-0.2, -0.15) is 0 Å². The predicted octanol–water partition coefficient (Wildman–Crippen LogP) is 4.61. The number of ketones is 1. The predicted molar refractivity (Wildman–Crippen MR) is 80.8 cm³/mol. The van der Waals surface area contributed by atoms with Crippen molar-refractivity contribution in [1.82, 2.24) is 4.98 Å². The van der Waals surface area contributed by atoms with E-state index in [0.717, 1.165) is 28.8 Å². The van der Waals surface area contributed by atoms with Gasteiger partial charge in [0.2, 0.25) is 0 Å². The lowest BCUT2D eigenvalue weighted by molar-refractivity contribution is 0.0962. The number of hydrogen-bond donors (Lipinski definition) is 0. The first-order valence-electron chi connectivity index (χ1n) is 6.49. The van der Waals surface area contributed by atoms with Crippen molar-refractivity contribution in [1.29, 1.82) is 0 Å². The number of carbonyl (C=O) groups excluding carboxylic acids is 1. The van der Waals surface area contributed by atoms with Crippen LogP contribution in [0.15, 0.2) is 30.5 Å². The molecule has 0 saturated heterocycles. The number of halogens is 2. The van der Waals surface area contributed by atoms with Crippen LogP contribution in [0.25, 0.3) is 0 Å². The summed E-state index contributed by atoms with van der Waals surface area (Å²) in [6.07, 6.45) is 2.94. The van der Waals surface area contributed by atoms with E-state index in [4.69, 9.17) is 23.2 Å². The topological polar surface area (TPSA) is 30.0 Å². The van der Waals surface area contributed by atoms with Crippen LogP contribution >= 0.6 is 23.2 Å². The van der Waals surface area contributed by atoms with Crippen molar-refractivity contribution in [3.8, 4) is 0 Å². The molecule has 0 bridgehead atoms. The van der Waals surface area contributed by atoms with E-state index in [0.29, 0.717) is 16.5 Å². The van der Waals surface area contributed by atoms with Gasteiger partial charge in [0.1, 0.15) is 0 Å². The van der Waals surface area contributed by atoms with Crippen molar-refractivity contribution in [3.63, 3.8) is 0 Å². The zero-order chi connectivity index (χ0) is 14.3. The zero-order valence-corrected chi connectivity index (χ0v) is 12.5. The summed E-state index contributed by atoms with van der Waals surface area (Å²) in [5.74, 6) is 0.188. The van der Waals surface area contributed by atoms with Gasteiger partial charge in [-0.1, -0.05) is 35.3 Å². The summed E-state index contributed by atoms with van der Waals surface area (Å²) in [5.41, 5.74) is 3.57. The number of fused-ring (bicyclic) bond motifs is 1. The van der Waals surface area contributed by atoms with Crippen LogP contribution < -0.4 is 0 Å². The fraction of sp³-hybridized carbons (Fsp3) is 0.250. The maximum absolute atomic E-state index is 12.4. The van der Waals surface area contributed by atoms with Crippen LogP contribution in [0.3, 0.4) is 0 Å². The highest BCUT2D eigenvalue weighted by atomic mass is 35.5. The van der Waals surface area contributed by atoms with Gasteiger partial charge in [-0.25, -0.2) is 0 Å². The molecule has 0 radical (unpaired) electrons. The maximum Gasteiger partial charge on any atom is 0.165 e. The Morgan fingerprint density at radius 1 is 1.20 bits per heavy atom. The fourth-order valence-electron chi connectivity index (χ4n) is 2.84. The normalized spacial score (nSPS) is 17.9. The molecule has 2 aromatic rings. The number of nitrogens with zero attached hydrogens (tertiary/aromatic N) is 1. The Morgan fingerprint density at radius 3 is 2.80 bits per heavy atom. The molecule has 1 aliphatic rings. The largest absolute Gasteiger partial charge is 0.294 e. The van der Waals surface area contributed by atoms with Crippen molar-refractivity contribution in [3.05, 3.63) is 62.9 Å². The van der Waals surface area contributed by atoms with Crippen molar-refractivity contribution in [2.45, 2.75) is 25.7 Å². The molecule has 102 valence electrons. The Labute approximate surface area is 127 Å². The third kappa shape index (κ3) is 2.23. The van der Waals surface area contributed by atoms with Gasteiger partial charge >= 0.3 is 0 Å². The Morgan fingerprint density at radius 2 is 2.00 bits per heavy atom. The molecule has 20 heavy (non-hydrogen) atoms. The number of pyridine rings is 1. The summed E-state index contributed by atoms with van der Waals surface area (Å²) < 4.78 is 0. The van der Waals surface area contributed by atoms with Gasteiger partial charge in [-0.05, 0) is 42.5 Å². The number of hydrogen-bond acceptors (Lipinski definition) is 2. The summed E-state index contributed by atoms with van der Waals surface area (Å²) in [6.45, 7) is 1.95. The first kappa shape index (κ1) is 13.6. The van der Waals surface area contributed by atoms with E-state index in [1.54, 1.807) is 12.3 Å². The summed E-state index contributed by atoms with van der Waals surface area (Å²) >= 11 is 12.3. The van der Waals surface area contributed by atoms with Crippen LogP contribution in [0, 0.1) is 6.92 Å². The first-order chi connectivity index (χ1) is 9.58. The molecule has 3 rings (SSSR count). The number of rotatable bonds is 1. The van der Waals surface area contributed by atoms with Crippen LogP contribution in [0.5, 0.6) is 0 Å². The average Bonchev–Trinajstić information content (AvgIpc) is 2.41. The minimum absolute atomic E-state index is 0.0514. The number of carbonyl (C=O) groups is 1. The minimum atomic E-state index is 0.0514. The van der Waals surface area contributed by atoms with Gasteiger partial charge in [0.15, 0.2) is 5.78 Å². The average molecular weight is 306 g/mol. The number of aromatic nitrogens is 1. The summed E-state index contributed by atoms with van der Waals surface area (Å²) in [4.78, 5) is 16.7. The second-order valence-electron chi connectivity index (χ2n) is 5.12. The van der Waals surface area contributed by atoms with E-state index >= 15 is 0 Å². The Bertz CT molecular complexity index is 697. The molecular weight excluding hydrogens is 293 g/mol. The highest BCUT2D eigenvalue weighted by Gasteiger charge is 2.29. The molecule has 0 spiro atoms. The van der Waals surface area contributed by atoms with Crippen LogP contribution in [0.4, 0.5) is 0 Å². The number of Topliss-reactive ketones (excluding diaryl/α,β-unsaturated/α-hetero) is 1. The molecule has 1 atom stereocenters. The third-order valence-corrected chi connectivity index (χ3v) is 4.64. The third-order valence-electron chi connectivity index (χ3n) is 3.81. The Balaban J connectivity index is 2.04. The van der Waals surface area contributed by atoms with E-state index < -0.39 is 0 Å². The minimum Gasteiger partial charge on any atom is -0.294 e. The molecular formula is C16H13Cl2NO.